The van der Waals surface area contributed by atoms with Crippen molar-refractivity contribution in [2.24, 2.45) is 5.14 Å². The van der Waals surface area contributed by atoms with Gasteiger partial charge in [-0.3, -0.25) is 9.20 Å². The summed E-state index contributed by atoms with van der Waals surface area (Å²) in [5, 5.41) is 16.4. The lowest BCUT2D eigenvalue weighted by Crippen LogP contribution is -2.21. The lowest BCUT2D eigenvalue weighted by atomic mass is 9.85. The van der Waals surface area contributed by atoms with Gasteiger partial charge in [0.1, 0.15) is 5.82 Å². The molecule has 0 unspecified atom stereocenters. The molecule has 2 heterocycles. The normalized spacial score (nSPS) is 14.9. The number of rotatable bonds is 4. The van der Waals surface area contributed by atoms with Gasteiger partial charge in [-0.2, -0.15) is 0 Å². The van der Waals surface area contributed by atoms with Gasteiger partial charge in [-0.25, -0.2) is 13.6 Å². The zero-order chi connectivity index (χ0) is 19.2. The molecule has 1 aromatic carbocycles. The highest BCUT2D eigenvalue weighted by Crippen LogP contribution is 2.35. The largest absolute Gasteiger partial charge is 0.321 e. The van der Waals surface area contributed by atoms with E-state index in [0.717, 1.165) is 24.2 Å². The summed E-state index contributed by atoms with van der Waals surface area (Å²) in [6.07, 6.45) is 5.10. The molecule has 1 amide bonds. The molecule has 0 saturated heterocycles. The number of hydrogen-bond donors (Lipinski definition) is 2. The van der Waals surface area contributed by atoms with E-state index < -0.39 is 15.9 Å². The number of aryl methyl sites for hydroxylation is 1. The van der Waals surface area contributed by atoms with Gasteiger partial charge in [0, 0.05) is 12.1 Å². The van der Waals surface area contributed by atoms with E-state index in [0.29, 0.717) is 17.3 Å². The van der Waals surface area contributed by atoms with Crippen LogP contribution in [0.3, 0.4) is 0 Å². The third-order valence-corrected chi connectivity index (χ3v) is 5.81. The van der Waals surface area contributed by atoms with E-state index in [9.17, 15) is 13.2 Å². The Hall–Kier alpha value is -2.78. The molecule has 27 heavy (non-hydrogen) atoms. The number of aromatic nitrogens is 3. The first kappa shape index (κ1) is 17.6. The molecule has 140 valence electrons. The molecule has 3 aromatic rings. The van der Waals surface area contributed by atoms with E-state index >= 15 is 0 Å². The van der Waals surface area contributed by atoms with Crippen LogP contribution in [0.5, 0.6) is 0 Å². The molecule has 1 aliphatic carbocycles. The van der Waals surface area contributed by atoms with Crippen LogP contribution in [0.25, 0.3) is 5.65 Å². The van der Waals surface area contributed by atoms with Gasteiger partial charge in [0.15, 0.2) is 5.65 Å². The SMILES string of the molecule is Cc1ccc(S(N)(=O)=O)c(C(=O)Nc2ccc3nnc(C4CCC4)n3c2)c1. The lowest BCUT2D eigenvalue weighted by molar-refractivity contribution is 0.102. The second-order valence-corrected chi connectivity index (χ2v) is 8.36. The Kier molecular flexibility index (Phi) is 4.20. The van der Waals surface area contributed by atoms with Crippen molar-refractivity contribution in [1.82, 2.24) is 14.6 Å². The van der Waals surface area contributed by atoms with Crippen molar-refractivity contribution in [2.75, 3.05) is 5.32 Å². The van der Waals surface area contributed by atoms with Crippen LogP contribution in [0.2, 0.25) is 0 Å². The van der Waals surface area contributed by atoms with Crippen LogP contribution >= 0.6 is 0 Å². The number of nitrogens with one attached hydrogen (secondary N) is 1. The Bertz CT molecular complexity index is 1150. The molecule has 8 nitrogen and oxygen atoms in total. The summed E-state index contributed by atoms with van der Waals surface area (Å²) in [5.41, 5.74) is 2.00. The molecule has 0 atom stereocenters. The zero-order valence-electron chi connectivity index (χ0n) is 14.7. The van der Waals surface area contributed by atoms with Crippen molar-refractivity contribution in [3.8, 4) is 0 Å². The highest BCUT2D eigenvalue weighted by atomic mass is 32.2. The van der Waals surface area contributed by atoms with E-state index in [4.69, 9.17) is 5.14 Å². The molecular weight excluding hydrogens is 366 g/mol. The number of primary sulfonamides is 1. The van der Waals surface area contributed by atoms with Gasteiger partial charge < -0.3 is 5.32 Å². The lowest BCUT2D eigenvalue weighted by Gasteiger charge is -2.23. The van der Waals surface area contributed by atoms with E-state index in [1.807, 2.05) is 4.40 Å². The summed E-state index contributed by atoms with van der Waals surface area (Å²) in [6.45, 7) is 1.78. The molecule has 9 heteroatoms. The molecule has 4 rings (SSSR count). The number of fused-ring (bicyclic) bond motifs is 1. The highest BCUT2D eigenvalue weighted by molar-refractivity contribution is 7.89. The molecule has 2 aromatic heterocycles. The number of benzene rings is 1. The number of amides is 1. The maximum atomic E-state index is 12.7. The topological polar surface area (TPSA) is 119 Å². The predicted molar refractivity (Wildman–Crippen MR) is 100 cm³/mol. The maximum absolute atomic E-state index is 12.7. The van der Waals surface area contributed by atoms with Crippen molar-refractivity contribution in [3.05, 3.63) is 53.5 Å². The second kappa shape index (κ2) is 6.43. The second-order valence-electron chi connectivity index (χ2n) is 6.83. The summed E-state index contributed by atoms with van der Waals surface area (Å²) >= 11 is 0. The predicted octanol–water partition coefficient (Wildman–Crippen LogP) is 2.20. The van der Waals surface area contributed by atoms with E-state index in [-0.39, 0.29) is 10.5 Å². The standard InChI is InChI=1S/C18H19N5O3S/c1-11-5-7-15(27(19,25)26)14(9-11)18(24)20-13-6-8-16-21-22-17(23(16)10-13)12-3-2-4-12/h5-10,12H,2-4H2,1H3,(H,20,24)(H2,19,25,26). The first-order chi connectivity index (χ1) is 12.8. The van der Waals surface area contributed by atoms with Crippen molar-refractivity contribution in [2.45, 2.75) is 37.0 Å². The summed E-state index contributed by atoms with van der Waals surface area (Å²) in [6, 6.07) is 7.93. The fraction of sp³-hybridized carbons (Fsp3) is 0.278. The maximum Gasteiger partial charge on any atom is 0.257 e. The number of carbonyl (C=O) groups is 1. The van der Waals surface area contributed by atoms with E-state index in [1.165, 1.54) is 18.6 Å². The van der Waals surface area contributed by atoms with Crippen LogP contribution in [0.1, 0.15) is 46.9 Å². The number of sulfonamides is 1. The van der Waals surface area contributed by atoms with Crippen LogP contribution in [-0.2, 0) is 10.0 Å². The average molecular weight is 385 g/mol. The molecule has 1 fully saturated rings. The Labute approximate surface area is 156 Å². The van der Waals surface area contributed by atoms with Gasteiger partial charge in [0.25, 0.3) is 5.91 Å². The van der Waals surface area contributed by atoms with Crippen molar-refractivity contribution in [3.63, 3.8) is 0 Å². The van der Waals surface area contributed by atoms with Crippen LogP contribution in [0, 0.1) is 6.92 Å². The van der Waals surface area contributed by atoms with E-state index in [2.05, 4.69) is 15.5 Å². The molecular formula is C18H19N5O3S. The first-order valence-electron chi connectivity index (χ1n) is 8.62. The smallest absolute Gasteiger partial charge is 0.257 e. The number of carbonyl (C=O) groups excluding carboxylic acids is 1. The third-order valence-electron chi connectivity index (χ3n) is 4.84. The van der Waals surface area contributed by atoms with Crippen LogP contribution < -0.4 is 10.5 Å². The third kappa shape index (κ3) is 3.31. The number of anilines is 1. The molecule has 3 N–H and O–H groups in total. The number of nitrogens with two attached hydrogens (primary N) is 1. The Morgan fingerprint density at radius 1 is 1.22 bits per heavy atom. The van der Waals surface area contributed by atoms with Gasteiger partial charge in [0.05, 0.1) is 16.1 Å². The first-order valence-corrected chi connectivity index (χ1v) is 10.2. The van der Waals surface area contributed by atoms with Crippen LogP contribution in [0.4, 0.5) is 5.69 Å². The van der Waals surface area contributed by atoms with E-state index in [1.54, 1.807) is 31.3 Å². The molecule has 0 bridgehead atoms. The Balaban J connectivity index is 1.68. The minimum Gasteiger partial charge on any atom is -0.321 e. The Morgan fingerprint density at radius 3 is 2.67 bits per heavy atom. The van der Waals surface area contributed by atoms with Crippen molar-refractivity contribution < 1.29 is 13.2 Å². The fourth-order valence-electron chi connectivity index (χ4n) is 3.20. The quantitative estimate of drug-likeness (QED) is 0.713. The van der Waals surface area contributed by atoms with Gasteiger partial charge in [-0.05, 0) is 44.0 Å². The summed E-state index contributed by atoms with van der Waals surface area (Å²) in [5.74, 6) is 0.727. The number of pyridine rings is 1. The van der Waals surface area contributed by atoms with Crippen molar-refractivity contribution >= 4 is 27.3 Å². The molecule has 0 spiro atoms. The molecule has 1 saturated carbocycles. The summed E-state index contributed by atoms with van der Waals surface area (Å²) in [4.78, 5) is 12.5. The monoisotopic (exact) mass is 385 g/mol. The Morgan fingerprint density at radius 2 is 2.00 bits per heavy atom. The fourth-order valence-corrected chi connectivity index (χ4v) is 3.91. The molecule has 0 radical (unpaired) electrons. The summed E-state index contributed by atoms with van der Waals surface area (Å²) < 4.78 is 25.5. The van der Waals surface area contributed by atoms with Gasteiger partial charge in [0.2, 0.25) is 10.0 Å². The number of nitrogens with zero attached hydrogens (tertiary/aromatic N) is 3. The zero-order valence-corrected chi connectivity index (χ0v) is 15.5. The highest BCUT2D eigenvalue weighted by Gasteiger charge is 2.25. The van der Waals surface area contributed by atoms with Crippen LogP contribution in [-0.4, -0.2) is 28.9 Å². The summed E-state index contributed by atoms with van der Waals surface area (Å²) in [7, 11) is -4.01. The average Bonchev–Trinajstić information content (AvgIpc) is 2.95. The molecule has 0 aliphatic heterocycles. The van der Waals surface area contributed by atoms with Crippen molar-refractivity contribution in [1.29, 1.82) is 0 Å². The number of hydrogen-bond acceptors (Lipinski definition) is 5. The minimum atomic E-state index is -4.01. The van der Waals surface area contributed by atoms with Gasteiger partial charge in [-0.15, -0.1) is 10.2 Å². The van der Waals surface area contributed by atoms with Crippen LogP contribution in [0.15, 0.2) is 41.4 Å². The molecule has 1 aliphatic rings. The van der Waals surface area contributed by atoms with Gasteiger partial charge in [-0.1, -0.05) is 18.1 Å². The van der Waals surface area contributed by atoms with Gasteiger partial charge >= 0.3 is 0 Å². The minimum absolute atomic E-state index is 0.0144.